The first-order valence-electron chi connectivity index (χ1n) is 29.0. The van der Waals surface area contributed by atoms with E-state index in [0.717, 1.165) is 12.0 Å². The molecule has 0 aromatic heterocycles. The lowest BCUT2D eigenvalue weighted by molar-refractivity contribution is -0.373. The number of carbonyl (C=O) groups excluding carboxylic acids is 3. The topological polar surface area (TPSA) is 293 Å². The molecular formula is C59H88O22. The first-order valence-corrected chi connectivity index (χ1v) is 29.0. The van der Waals surface area contributed by atoms with Gasteiger partial charge >= 0.3 is 11.9 Å². The molecule has 4 saturated carbocycles. The second-order valence-electron chi connectivity index (χ2n) is 24.5. The van der Waals surface area contributed by atoms with E-state index in [1.54, 1.807) is 27.0 Å². The Kier molecular flexibility index (Phi) is 19.6. The summed E-state index contributed by atoms with van der Waals surface area (Å²) in [4.78, 5) is 40.6. The van der Waals surface area contributed by atoms with Crippen LogP contribution in [0.25, 0.3) is 6.08 Å². The molecule has 1 aromatic rings. The zero-order chi connectivity index (χ0) is 58.5. The van der Waals surface area contributed by atoms with E-state index in [1.165, 1.54) is 34.1 Å². The lowest BCUT2D eigenvalue weighted by atomic mass is 9.41. The normalized spacial score (nSPS) is 48.1. The Morgan fingerprint density at radius 2 is 1.27 bits per heavy atom. The first-order chi connectivity index (χ1) is 38.5. The van der Waals surface area contributed by atoms with Crippen molar-refractivity contribution in [2.45, 2.75) is 241 Å². The van der Waals surface area contributed by atoms with Crippen molar-refractivity contribution in [1.82, 2.24) is 0 Å². The highest BCUT2D eigenvalue weighted by Crippen LogP contribution is 2.70. The third-order valence-corrected chi connectivity index (χ3v) is 20.0. The van der Waals surface area contributed by atoms with Gasteiger partial charge in [-0.25, -0.2) is 4.79 Å². The summed E-state index contributed by atoms with van der Waals surface area (Å²) in [6, 6.07) is 9.34. The van der Waals surface area contributed by atoms with Crippen molar-refractivity contribution in [1.29, 1.82) is 0 Å². The number of carbonyl (C=O) groups is 3. The Morgan fingerprint density at radius 1 is 0.654 bits per heavy atom. The van der Waals surface area contributed by atoms with E-state index in [4.69, 9.17) is 61.6 Å². The minimum Gasteiger partial charge on any atom is -0.458 e. The smallest absolute Gasteiger partial charge is 0.331 e. The molecule has 4 heterocycles. The van der Waals surface area contributed by atoms with Crippen LogP contribution in [-0.2, 0) is 76.0 Å². The van der Waals surface area contributed by atoms with E-state index >= 15 is 0 Å². The number of ether oxygens (including phenoxy) is 13. The predicted molar refractivity (Wildman–Crippen MR) is 283 cm³/mol. The number of benzene rings is 1. The number of aliphatic hydroxyl groups excluding tert-OH is 5. The fourth-order valence-electron chi connectivity index (χ4n) is 15.8. The van der Waals surface area contributed by atoms with Crippen LogP contribution in [0, 0.1) is 34.5 Å². The summed E-state index contributed by atoms with van der Waals surface area (Å²) < 4.78 is 81.0. The molecule has 4 saturated heterocycles. The highest BCUT2D eigenvalue weighted by Gasteiger charge is 2.76. The molecule has 1 aromatic carbocycles. The standard InChI is InChI=1S/C59H88O22/c1-28(61)36-21-23-59(68)37-18-17-34-24-35(20-22-57(34,6)44(37)52(75-32(5)62)54(58(36,59)7)78-41(63)19-16-33-14-12-11-13-15-33)76-42-25-38(69-8)49(29(2)72-42)79-43-26-39(70-9)50(30(3)73-43)80-56-48(67)53(71-10)51(31(4)74-56)81-55-47(66)46(65)45(64)40(27-60)77-55/h11-16,19,29-31,34-40,42-56,60,64-68H,17-18,20-27H2,1-10H3/b19-16+/t29-,30-,31-,34+,35+,36-,37-,38+,39+,40-,42-,43-,44-,45+,46-,47-,48-,49+,50+,51+,52+,53+,54+,55-,56-,57+,58+,59+/m1/s1. The average Bonchev–Trinajstić information content (AvgIpc) is 2.77. The second-order valence-corrected chi connectivity index (χ2v) is 24.5. The minimum atomic E-state index is -1.68. The molecule has 4 aliphatic carbocycles. The number of esters is 2. The van der Waals surface area contributed by atoms with Crippen molar-refractivity contribution >= 4 is 23.8 Å². The first kappa shape index (κ1) is 62.4. The fourth-order valence-corrected chi connectivity index (χ4v) is 15.8. The number of Topliss-reactive ketones (excluding diaryl/α,β-unsaturated/α-hetero) is 1. The van der Waals surface area contributed by atoms with E-state index in [0.29, 0.717) is 44.9 Å². The van der Waals surface area contributed by atoms with Crippen molar-refractivity contribution in [2.75, 3.05) is 27.9 Å². The maximum absolute atomic E-state index is 13.9. The number of hydrogen-bond donors (Lipinski definition) is 6. The minimum absolute atomic E-state index is 0.0823. The van der Waals surface area contributed by atoms with Gasteiger partial charge in [0.15, 0.2) is 25.2 Å². The van der Waals surface area contributed by atoms with Gasteiger partial charge in [-0.3, -0.25) is 9.59 Å². The maximum atomic E-state index is 13.9. The number of hydrogen-bond acceptors (Lipinski definition) is 22. The predicted octanol–water partition coefficient (Wildman–Crippen LogP) is 2.89. The molecule has 81 heavy (non-hydrogen) atoms. The zero-order valence-corrected chi connectivity index (χ0v) is 48.3. The van der Waals surface area contributed by atoms with Crippen LogP contribution in [0.5, 0.6) is 0 Å². The summed E-state index contributed by atoms with van der Waals surface area (Å²) in [5, 5.41) is 65.7. The van der Waals surface area contributed by atoms with Crippen molar-refractivity contribution in [3.63, 3.8) is 0 Å². The molecule has 0 amide bonds. The van der Waals surface area contributed by atoms with Gasteiger partial charge in [-0.15, -0.1) is 0 Å². The third kappa shape index (κ3) is 12.0. The van der Waals surface area contributed by atoms with Crippen LogP contribution >= 0.6 is 0 Å². The molecule has 8 fully saturated rings. The van der Waals surface area contributed by atoms with Crippen LogP contribution in [0.2, 0.25) is 0 Å². The SMILES string of the molecule is CO[C@H]1[C@@H](O)[C@@H](O[C@@H]2[C@@H](OC)C[C@@H](O[C@@H]3[C@@H](OC)C[C@@H](O[C@H]4CC[C@@]5(C)[C@@H](CC[C@@H]6[C@@H]5[C@H](OC(C)=O)[C@H](OC(=O)/C=C/c5ccccc5)[C@]5(C)[C@@H](C(C)=O)CC[C@]65O)C4)O[C@@H]3C)O[C@@H]2C)O[C@H](C)[C@@H]1O[C@H]1O[C@H](CO)[C@H](O)[C@@H](O)[C@H]1O. The summed E-state index contributed by atoms with van der Waals surface area (Å²) in [6.45, 7) is 11.6. The fraction of sp³-hybridized carbons (Fsp3) is 0.814. The van der Waals surface area contributed by atoms with Crippen LogP contribution in [0.4, 0.5) is 0 Å². The van der Waals surface area contributed by atoms with Crippen LogP contribution < -0.4 is 0 Å². The summed E-state index contributed by atoms with van der Waals surface area (Å²) in [5.41, 5.74) is -2.28. The molecule has 0 unspecified atom stereocenters. The van der Waals surface area contributed by atoms with Crippen LogP contribution in [0.1, 0.15) is 112 Å². The van der Waals surface area contributed by atoms with E-state index in [1.807, 2.05) is 44.2 Å². The van der Waals surface area contributed by atoms with Crippen molar-refractivity contribution < 1.29 is 107 Å². The largest absolute Gasteiger partial charge is 0.458 e. The summed E-state index contributed by atoms with van der Waals surface area (Å²) >= 11 is 0. The van der Waals surface area contributed by atoms with E-state index in [9.17, 15) is 45.0 Å². The quantitative estimate of drug-likeness (QED) is 0.0743. The van der Waals surface area contributed by atoms with Gasteiger partial charge in [-0.1, -0.05) is 44.2 Å². The second kappa shape index (κ2) is 25.5. The lowest BCUT2D eigenvalue weighted by Gasteiger charge is -2.66. The number of fused-ring (bicyclic) bond motifs is 5. The highest BCUT2D eigenvalue weighted by molar-refractivity contribution is 5.87. The van der Waals surface area contributed by atoms with Gasteiger partial charge in [0.05, 0.1) is 48.8 Å². The van der Waals surface area contributed by atoms with Crippen molar-refractivity contribution in [3.8, 4) is 0 Å². The molecule has 22 nitrogen and oxygen atoms in total. The van der Waals surface area contributed by atoms with E-state index < -0.39 is 170 Å². The van der Waals surface area contributed by atoms with Gasteiger partial charge < -0.3 is 92.2 Å². The summed E-state index contributed by atoms with van der Waals surface area (Å²) in [5.74, 6) is -2.55. The average molecular weight is 1150 g/mol. The van der Waals surface area contributed by atoms with E-state index in [2.05, 4.69) is 6.92 Å². The van der Waals surface area contributed by atoms with E-state index in [-0.39, 0.29) is 30.1 Å². The molecule has 4 aliphatic heterocycles. The Bertz CT molecular complexity index is 2330. The highest BCUT2D eigenvalue weighted by atomic mass is 16.8. The molecular weight excluding hydrogens is 1060 g/mol. The summed E-state index contributed by atoms with van der Waals surface area (Å²) in [6.07, 6.45) is -12.7. The monoisotopic (exact) mass is 1150 g/mol. The van der Waals surface area contributed by atoms with Gasteiger partial charge in [0.1, 0.15) is 72.9 Å². The maximum Gasteiger partial charge on any atom is 0.331 e. The zero-order valence-electron chi connectivity index (χ0n) is 48.3. The lowest BCUT2D eigenvalue weighted by Crippen LogP contribution is -2.73. The Labute approximate surface area is 474 Å². The van der Waals surface area contributed by atoms with Gasteiger partial charge in [0.25, 0.3) is 0 Å². The van der Waals surface area contributed by atoms with Crippen LogP contribution in [-0.4, -0.2) is 211 Å². The molecule has 0 radical (unpaired) electrons. The van der Waals surface area contributed by atoms with Crippen LogP contribution in [0.3, 0.4) is 0 Å². The van der Waals surface area contributed by atoms with Crippen molar-refractivity contribution in [2.24, 2.45) is 34.5 Å². The Hall–Kier alpha value is -3.11. The number of ketones is 1. The molecule has 9 rings (SSSR count). The van der Waals surface area contributed by atoms with Crippen molar-refractivity contribution in [3.05, 3.63) is 42.0 Å². The van der Waals surface area contributed by atoms with Crippen LogP contribution in [0.15, 0.2) is 36.4 Å². The van der Waals surface area contributed by atoms with Gasteiger partial charge in [-0.05, 0) is 102 Å². The molecule has 0 spiro atoms. The molecule has 28 atom stereocenters. The number of aliphatic hydroxyl groups is 6. The molecule has 456 valence electrons. The Morgan fingerprint density at radius 3 is 1.89 bits per heavy atom. The summed E-state index contributed by atoms with van der Waals surface area (Å²) in [7, 11) is 4.52. The third-order valence-electron chi connectivity index (χ3n) is 20.0. The number of methoxy groups -OCH3 is 3. The van der Waals surface area contributed by atoms with Gasteiger partial charge in [0.2, 0.25) is 0 Å². The molecule has 0 bridgehead atoms. The molecule has 22 heteroatoms. The number of rotatable bonds is 17. The van der Waals surface area contributed by atoms with Gasteiger partial charge in [0, 0.05) is 64.4 Å². The van der Waals surface area contributed by atoms with Gasteiger partial charge in [-0.2, -0.15) is 0 Å². The molecule has 6 N–H and O–H groups in total. The molecule has 8 aliphatic rings. The Balaban J connectivity index is 0.825.